The van der Waals surface area contributed by atoms with Gasteiger partial charge in [0.15, 0.2) is 5.16 Å². The second-order valence-electron chi connectivity index (χ2n) is 6.78. The van der Waals surface area contributed by atoms with Gasteiger partial charge in [0.05, 0.1) is 28.7 Å². The van der Waals surface area contributed by atoms with Gasteiger partial charge in [-0.1, -0.05) is 6.07 Å². The molecule has 2 aromatic heterocycles. The van der Waals surface area contributed by atoms with E-state index in [2.05, 4.69) is 32.9 Å². The molecule has 3 heterocycles. The summed E-state index contributed by atoms with van der Waals surface area (Å²) in [7, 11) is 0. The monoisotopic (exact) mass is 431 g/mol. The first-order chi connectivity index (χ1) is 14.3. The molecule has 30 heavy (non-hydrogen) atoms. The molecule has 0 unspecified atom stereocenters. The Morgan fingerprint density at radius 1 is 1.17 bits per heavy atom. The van der Waals surface area contributed by atoms with Gasteiger partial charge in [0.25, 0.3) is 5.91 Å². The summed E-state index contributed by atoms with van der Waals surface area (Å²) in [4.78, 5) is 27.2. The van der Waals surface area contributed by atoms with Crippen LogP contribution >= 0.6 is 12.6 Å². The van der Waals surface area contributed by atoms with Crippen LogP contribution in [0.15, 0.2) is 54.1 Å². The lowest BCUT2D eigenvalue weighted by atomic mass is 10.1. The molecular formula is C20H16F3N5OS. The number of hydrogen-bond acceptors (Lipinski definition) is 6. The van der Waals surface area contributed by atoms with Crippen molar-refractivity contribution in [3.05, 3.63) is 71.3 Å². The van der Waals surface area contributed by atoms with Gasteiger partial charge in [-0.2, -0.15) is 13.2 Å². The number of hydrogen-bond donors (Lipinski definition) is 2. The fourth-order valence-corrected chi connectivity index (χ4v) is 3.41. The number of anilines is 2. The average molecular weight is 431 g/mol. The van der Waals surface area contributed by atoms with E-state index >= 15 is 0 Å². The summed E-state index contributed by atoms with van der Waals surface area (Å²) in [6.07, 6.45) is 0.964. The molecule has 0 atom stereocenters. The Labute approximate surface area is 175 Å². The molecule has 1 amide bonds. The topological polar surface area (TPSA) is 71.0 Å². The minimum Gasteiger partial charge on any atom is -0.365 e. The molecule has 10 heteroatoms. The van der Waals surface area contributed by atoms with Gasteiger partial charge in [0.1, 0.15) is 0 Å². The molecule has 3 aromatic rings. The van der Waals surface area contributed by atoms with Crippen molar-refractivity contribution in [2.24, 2.45) is 0 Å². The number of halogens is 3. The van der Waals surface area contributed by atoms with Gasteiger partial charge in [-0.3, -0.25) is 9.78 Å². The maximum absolute atomic E-state index is 12.9. The highest BCUT2D eigenvalue weighted by Gasteiger charge is 2.30. The summed E-state index contributed by atoms with van der Waals surface area (Å²) in [6.45, 7) is 1.24. The zero-order valence-corrected chi connectivity index (χ0v) is 16.4. The van der Waals surface area contributed by atoms with Crippen molar-refractivity contribution in [2.45, 2.75) is 24.3 Å². The Bertz CT molecular complexity index is 1110. The molecule has 0 saturated carbocycles. The van der Waals surface area contributed by atoms with Crippen molar-refractivity contribution in [3.63, 3.8) is 0 Å². The number of nitrogens with zero attached hydrogens (tertiary/aromatic N) is 4. The number of aromatic nitrogens is 3. The van der Waals surface area contributed by atoms with Crippen molar-refractivity contribution < 1.29 is 18.0 Å². The third-order valence-corrected chi connectivity index (χ3v) is 4.94. The zero-order chi connectivity index (χ0) is 21.3. The van der Waals surface area contributed by atoms with Gasteiger partial charge >= 0.3 is 6.18 Å². The molecular weight excluding hydrogens is 415 g/mol. The van der Waals surface area contributed by atoms with Gasteiger partial charge in [-0.15, -0.1) is 12.6 Å². The van der Waals surface area contributed by atoms with Crippen molar-refractivity contribution in [2.75, 3.05) is 16.8 Å². The lowest BCUT2D eigenvalue weighted by Gasteiger charge is -2.29. The van der Waals surface area contributed by atoms with Gasteiger partial charge in [0, 0.05) is 43.2 Å². The van der Waals surface area contributed by atoms with Crippen LogP contribution in [-0.2, 0) is 19.1 Å². The predicted molar refractivity (Wildman–Crippen MR) is 108 cm³/mol. The third-order valence-electron chi connectivity index (χ3n) is 4.72. The Morgan fingerprint density at radius 2 is 2.00 bits per heavy atom. The molecule has 1 aliphatic heterocycles. The highest BCUT2D eigenvalue weighted by atomic mass is 32.1. The van der Waals surface area contributed by atoms with Gasteiger partial charge in [0.2, 0.25) is 0 Å². The number of benzene rings is 1. The number of amides is 1. The normalized spacial score (nSPS) is 13.7. The second kappa shape index (κ2) is 7.94. The summed E-state index contributed by atoms with van der Waals surface area (Å²) in [5.41, 5.74) is 2.12. The second-order valence-corrected chi connectivity index (χ2v) is 7.18. The van der Waals surface area contributed by atoms with Crippen LogP contribution in [0.4, 0.5) is 24.5 Å². The van der Waals surface area contributed by atoms with E-state index < -0.39 is 17.6 Å². The van der Waals surface area contributed by atoms with Gasteiger partial charge < -0.3 is 10.2 Å². The minimum absolute atomic E-state index is 0.0619. The van der Waals surface area contributed by atoms with Crippen molar-refractivity contribution >= 4 is 29.9 Å². The number of rotatable bonds is 3. The minimum atomic E-state index is -4.48. The summed E-state index contributed by atoms with van der Waals surface area (Å²) < 4.78 is 38.6. The SMILES string of the molecule is O=C(Nc1cccc(C(F)(F)F)c1)c1cncc(N2CCc3nc(S)ncc3C2)c1. The number of thiol groups is 1. The molecule has 154 valence electrons. The van der Waals surface area contributed by atoms with E-state index in [1.807, 2.05) is 4.90 Å². The summed E-state index contributed by atoms with van der Waals surface area (Å²) in [5.74, 6) is -0.538. The van der Waals surface area contributed by atoms with Gasteiger partial charge in [-0.05, 0) is 24.3 Å². The smallest absolute Gasteiger partial charge is 0.365 e. The molecule has 0 saturated heterocycles. The molecule has 1 aromatic carbocycles. The van der Waals surface area contributed by atoms with E-state index in [-0.39, 0.29) is 11.3 Å². The van der Waals surface area contributed by atoms with Crippen molar-refractivity contribution in [1.29, 1.82) is 0 Å². The highest BCUT2D eigenvalue weighted by Crippen LogP contribution is 2.31. The van der Waals surface area contributed by atoms with Crippen LogP contribution in [0.1, 0.15) is 27.2 Å². The number of nitrogens with one attached hydrogen (secondary N) is 1. The van der Waals surface area contributed by atoms with Crippen LogP contribution in [0.5, 0.6) is 0 Å². The van der Waals surface area contributed by atoms with E-state index in [0.717, 1.165) is 29.1 Å². The largest absolute Gasteiger partial charge is 0.416 e. The summed E-state index contributed by atoms with van der Waals surface area (Å²) in [5, 5.41) is 2.92. The number of pyridine rings is 1. The fourth-order valence-electron chi connectivity index (χ4n) is 3.23. The number of carbonyl (C=O) groups is 1. The maximum atomic E-state index is 12.9. The Kier molecular flexibility index (Phi) is 5.33. The van der Waals surface area contributed by atoms with E-state index in [1.54, 1.807) is 18.5 Å². The van der Waals surface area contributed by atoms with Crippen LogP contribution in [-0.4, -0.2) is 27.4 Å². The van der Waals surface area contributed by atoms with Crippen molar-refractivity contribution in [1.82, 2.24) is 15.0 Å². The number of fused-ring (bicyclic) bond motifs is 1. The first kappa shape index (κ1) is 20.1. The van der Waals surface area contributed by atoms with Crippen LogP contribution in [0.3, 0.4) is 0 Å². The molecule has 0 bridgehead atoms. The standard InChI is InChI=1S/C20H16F3N5OS/c21-20(22,23)14-2-1-3-15(7-14)26-18(29)12-6-16(10-24-8-12)28-5-4-17-13(11-28)9-25-19(30)27-17/h1-3,6-10H,4-5,11H2,(H,26,29)(H,25,27,30). The number of carbonyl (C=O) groups excluding carboxylic acids is 1. The van der Waals surface area contributed by atoms with Crippen LogP contribution in [0, 0.1) is 0 Å². The molecule has 0 radical (unpaired) electrons. The predicted octanol–water partition coefficient (Wildman–Crippen LogP) is 3.99. The van der Waals surface area contributed by atoms with Gasteiger partial charge in [-0.25, -0.2) is 9.97 Å². The summed E-state index contributed by atoms with van der Waals surface area (Å²) in [6, 6.07) is 6.16. The van der Waals surface area contributed by atoms with Crippen molar-refractivity contribution in [3.8, 4) is 0 Å². The molecule has 1 N–H and O–H groups in total. The van der Waals surface area contributed by atoms with Crippen LogP contribution < -0.4 is 10.2 Å². The number of alkyl halides is 3. The van der Waals surface area contributed by atoms with E-state index in [4.69, 9.17) is 0 Å². The lowest BCUT2D eigenvalue weighted by molar-refractivity contribution is -0.137. The zero-order valence-electron chi connectivity index (χ0n) is 15.5. The van der Waals surface area contributed by atoms with Crippen LogP contribution in [0.2, 0.25) is 0 Å². The molecule has 6 nitrogen and oxygen atoms in total. The Morgan fingerprint density at radius 3 is 2.80 bits per heavy atom. The van der Waals surface area contributed by atoms with E-state index in [0.29, 0.717) is 24.7 Å². The lowest BCUT2D eigenvalue weighted by Crippen LogP contribution is -2.31. The molecule has 1 aliphatic rings. The first-order valence-electron chi connectivity index (χ1n) is 9.02. The Hall–Kier alpha value is -3.14. The quantitative estimate of drug-likeness (QED) is 0.485. The molecule has 0 fully saturated rings. The third kappa shape index (κ3) is 4.38. The average Bonchev–Trinajstić information content (AvgIpc) is 2.73. The van der Waals surface area contributed by atoms with E-state index in [1.165, 1.54) is 18.3 Å². The molecule has 0 aliphatic carbocycles. The fraction of sp³-hybridized carbons (Fsp3) is 0.200. The van der Waals surface area contributed by atoms with Crippen LogP contribution in [0.25, 0.3) is 0 Å². The molecule has 0 spiro atoms. The van der Waals surface area contributed by atoms with E-state index in [9.17, 15) is 18.0 Å². The highest BCUT2D eigenvalue weighted by molar-refractivity contribution is 7.80. The molecule has 4 rings (SSSR count). The maximum Gasteiger partial charge on any atom is 0.416 e. The first-order valence-corrected chi connectivity index (χ1v) is 9.47. The summed E-state index contributed by atoms with van der Waals surface area (Å²) >= 11 is 4.16. The Balaban J connectivity index is 1.51.